The van der Waals surface area contributed by atoms with Gasteiger partial charge < -0.3 is 14.7 Å². The van der Waals surface area contributed by atoms with Gasteiger partial charge in [-0.05, 0) is 19.1 Å². The number of oxime groups is 1. The summed E-state index contributed by atoms with van der Waals surface area (Å²) < 4.78 is 10.4. The molecule has 0 spiro atoms. The van der Waals surface area contributed by atoms with Crippen molar-refractivity contribution in [1.82, 2.24) is 0 Å². The Morgan fingerprint density at radius 2 is 2.27 bits per heavy atom. The van der Waals surface area contributed by atoms with Crippen LogP contribution in [-0.4, -0.2) is 25.1 Å². The normalized spacial score (nSPS) is 10.6. The van der Waals surface area contributed by atoms with Gasteiger partial charge >= 0.3 is 0 Å². The maximum absolute atomic E-state index is 8.41. The minimum absolute atomic E-state index is 0.415. The lowest BCUT2D eigenvalue weighted by Gasteiger charge is -2.11. The zero-order chi connectivity index (χ0) is 11.3. The number of methoxy groups -OCH3 is 1. The Bertz CT molecular complexity index is 366. The van der Waals surface area contributed by atoms with Crippen LogP contribution in [0.5, 0.6) is 11.5 Å². The van der Waals surface area contributed by atoms with Crippen molar-refractivity contribution in [3.63, 3.8) is 0 Å². The lowest BCUT2D eigenvalue weighted by molar-refractivity contribution is 0.311. The molecule has 1 aromatic carbocycles. The van der Waals surface area contributed by atoms with Gasteiger partial charge in [-0.25, -0.2) is 0 Å². The van der Waals surface area contributed by atoms with E-state index in [0.717, 1.165) is 0 Å². The van der Waals surface area contributed by atoms with Gasteiger partial charge in [0.25, 0.3) is 0 Å². The number of rotatable bonds is 4. The molecule has 0 heterocycles. The molecule has 0 bridgehead atoms. The van der Waals surface area contributed by atoms with E-state index in [4.69, 9.17) is 26.3 Å². The largest absolute Gasteiger partial charge is 0.491 e. The molecule has 0 aliphatic rings. The molecule has 4 nitrogen and oxygen atoms in total. The maximum atomic E-state index is 8.41. The topological polar surface area (TPSA) is 51.0 Å². The molecule has 5 heteroatoms. The molecule has 0 saturated carbocycles. The van der Waals surface area contributed by atoms with Gasteiger partial charge in [0.15, 0.2) is 11.5 Å². The van der Waals surface area contributed by atoms with Gasteiger partial charge in [0.1, 0.15) is 0 Å². The SMILES string of the molecule is CCOc1cc(C=NO)cc(Cl)c1OC. The highest BCUT2D eigenvalue weighted by Gasteiger charge is 2.10. The second-order valence-electron chi connectivity index (χ2n) is 2.71. The Hall–Kier alpha value is -1.42. The molecule has 0 saturated heterocycles. The third-order valence-corrected chi connectivity index (χ3v) is 2.02. The van der Waals surface area contributed by atoms with E-state index in [1.807, 2.05) is 6.92 Å². The number of hydrogen-bond acceptors (Lipinski definition) is 4. The molecule has 0 unspecified atom stereocenters. The standard InChI is InChI=1S/C10H12ClNO3/c1-3-15-9-5-7(6-12-13)4-8(11)10(9)14-2/h4-6,13H,3H2,1-2H3. The van der Waals surface area contributed by atoms with E-state index >= 15 is 0 Å². The summed E-state index contributed by atoms with van der Waals surface area (Å²) in [6.07, 6.45) is 1.27. The van der Waals surface area contributed by atoms with Gasteiger partial charge in [-0.3, -0.25) is 0 Å². The molecule has 15 heavy (non-hydrogen) atoms. The summed E-state index contributed by atoms with van der Waals surface area (Å²) in [6.45, 7) is 2.37. The van der Waals surface area contributed by atoms with Gasteiger partial charge in [0.05, 0.1) is 25.0 Å². The lowest BCUT2D eigenvalue weighted by atomic mass is 10.2. The van der Waals surface area contributed by atoms with Crippen molar-refractivity contribution in [3.8, 4) is 11.5 Å². The Labute approximate surface area is 93.1 Å². The monoisotopic (exact) mass is 229 g/mol. The van der Waals surface area contributed by atoms with Crippen LogP contribution in [0, 0.1) is 0 Å². The highest BCUT2D eigenvalue weighted by Crippen LogP contribution is 2.35. The first-order chi connectivity index (χ1) is 7.22. The number of benzene rings is 1. The van der Waals surface area contributed by atoms with E-state index < -0.39 is 0 Å². The minimum atomic E-state index is 0.415. The molecular weight excluding hydrogens is 218 g/mol. The second-order valence-corrected chi connectivity index (χ2v) is 3.12. The fourth-order valence-corrected chi connectivity index (χ4v) is 1.49. The van der Waals surface area contributed by atoms with E-state index in [0.29, 0.717) is 28.7 Å². The van der Waals surface area contributed by atoms with E-state index in [9.17, 15) is 0 Å². The third-order valence-electron chi connectivity index (χ3n) is 1.74. The molecule has 82 valence electrons. The van der Waals surface area contributed by atoms with Crippen LogP contribution in [0.2, 0.25) is 5.02 Å². The van der Waals surface area contributed by atoms with Crippen molar-refractivity contribution in [2.45, 2.75) is 6.92 Å². The highest BCUT2D eigenvalue weighted by atomic mass is 35.5. The fourth-order valence-electron chi connectivity index (χ4n) is 1.19. The fraction of sp³-hybridized carbons (Fsp3) is 0.300. The zero-order valence-corrected chi connectivity index (χ0v) is 9.28. The van der Waals surface area contributed by atoms with Gasteiger partial charge in [0, 0.05) is 5.56 Å². The zero-order valence-electron chi connectivity index (χ0n) is 8.53. The highest BCUT2D eigenvalue weighted by molar-refractivity contribution is 6.32. The smallest absolute Gasteiger partial charge is 0.179 e. The van der Waals surface area contributed by atoms with Crippen molar-refractivity contribution in [1.29, 1.82) is 0 Å². The summed E-state index contributed by atoms with van der Waals surface area (Å²) in [6, 6.07) is 3.32. The molecule has 0 amide bonds. The molecule has 1 rings (SSSR count). The predicted molar refractivity (Wildman–Crippen MR) is 58.6 cm³/mol. The summed E-state index contributed by atoms with van der Waals surface area (Å²) in [5, 5.41) is 11.8. The van der Waals surface area contributed by atoms with Crippen molar-refractivity contribution in [2.24, 2.45) is 5.16 Å². The van der Waals surface area contributed by atoms with E-state index in [1.54, 1.807) is 12.1 Å². The minimum Gasteiger partial charge on any atom is -0.491 e. The van der Waals surface area contributed by atoms with Crippen molar-refractivity contribution < 1.29 is 14.7 Å². The number of hydrogen-bond donors (Lipinski definition) is 1. The molecule has 0 radical (unpaired) electrons. The molecule has 0 atom stereocenters. The van der Waals surface area contributed by atoms with Gasteiger partial charge in [-0.2, -0.15) is 0 Å². The summed E-state index contributed by atoms with van der Waals surface area (Å²) in [5.74, 6) is 1.01. The number of nitrogens with zero attached hydrogens (tertiary/aromatic N) is 1. The average Bonchev–Trinajstić information content (AvgIpc) is 2.18. The number of ether oxygens (including phenoxy) is 2. The summed E-state index contributed by atoms with van der Waals surface area (Å²) >= 11 is 5.96. The van der Waals surface area contributed by atoms with Crippen LogP contribution in [0.4, 0.5) is 0 Å². The molecule has 1 N–H and O–H groups in total. The van der Waals surface area contributed by atoms with Crippen molar-refractivity contribution >= 4 is 17.8 Å². The van der Waals surface area contributed by atoms with E-state index in [-0.39, 0.29) is 0 Å². The Kier molecular flexibility index (Phi) is 4.24. The first-order valence-electron chi connectivity index (χ1n) is 4.40. The molecule has 0 aliphatic heterocycles. The van der Waals surface area contributed by atoms with Crippen LogP contribution < -0.4 is 9.47 Å². The summed E-state index contributed by atoms with van der Waals surface area (Å²) in [7, 11) is 1.52. The van der Waals surface area contributed by atoms with Gasteiger partial charge in [-0.15, -0.1) is 0 Å². The number of halogens is 1. The quantitative estimate of drug-likeness (QED) is 0.490. The molecular formula is C10H12ClNO3. The van der Waals surface area contributed by atoms with Crippen LogP contribution in [0.3, 0.4) is 0 Å². The molecule has 0 fully saturated rings. The Morgan fingerprint density at radius 1 is 1.53 bits per heavy atom. The van der Waals surface area contributed by atoms with Crippen LogP contribution in [-0.2, 0) is 0 Å². The summed E-state index contributed by atoms with van der Waals surface area (Å²) in [4.78, 5) is 0. The Morgan fingerprint density at radius 3 is 2.80 bits per heavy atom. The lowest BCUT2D eigenvalue weighted by Crippen LogP contribution is -1.97. The van der Waals surface area contributed by atoms with E-state index in [2.05, 4.69) is 5.16 Å². The molecule has 0 aliphatic carbocycles. The first-order valence-corrected chi connectivity index (χ1v) is 4.78. The first kappa shape index (κ1) is 11.7. The maximum Gasteiger partial charge on any atom is 0.179 e. The second kappa shape index (κ2) is 5.46. The van der Waals surface area contributed by atoms with Crippen molar-refractivity contribution in [2.75, 3.05) is 13.7 Å². The third kappa shape index (κ3) is 2.76. The van der Waals surface area contributed by atoms with E-state index in [1.165, 1.54) is 13.3 Å². The van der Waals surface area contributed by atoms with Gasteiger partial charge in [0.2, 0.25) is 0 Å². The van der Waals surface area contributed by atoms with Crippen LogP contribution in [0.1, 0.15) is 12.5 Å². The average molecular weight is 230 g/mol. The van der Waals surface area contributed by atoms with Crippen LogP contribution in [0.25, 0.3) is 0 Å². The van der Waals surface area contributed by atoms with Crippen molar-refractivity contribution in [3.05, 3.63) is 22.7 Å². The van der Waals surface area contributed by atoms with Crippen LogP contribution >= 0.6 is 11.6 Å². The van der Waals surface area contributed by atoms with Crippen LogP contribution in [0.15, 0.2) is 17.3 Å². The Balaban J connectivity index is 3.18. The molecule has 1 aromatic rings. The predicted octanol–water partition coefficient (Wildman–Crippen LogP) is 2.56. The molecule has 0 aromatic heterocycles. The summed E-state index contributed by atoms with van der Waals surface area (Å²) in [5.41, 5.74) is 0.645. The van der Waals surface area contributed by atoms with Gasteiger partial charge in [-0.1, -0.05) is 16.8 Å².